The molecule has 7 rings (SSSR count). The van der Waals surface area contributed by atoms with Crippen molar-refractivity contribution in [1.29, 1.82) is 5.26 Å². The number of benzene rings is 2. The summed E-state index contributed by atoms with van der Waals surface area (Å²) in [5.41, 5.74) is 8.44. The second-order valence-corrected chi connectivity index (χ2v) is 20.3. The number of hydrogen-bond donors (Lipinski definition) is 3. The monoisotopic (exact) mass is 1010 g/mol. The molecule has 5 heterocycles. The van der Waals surface area contributed by atoms with Gasteiger partial charge in [-0.3, -0.25) is 14.6 Å². The van der Waals surface area contributed by atoms with Crippen LogP contribution in [0.1, 0.15) is 52.1 Å². The van der Waals surface area contributed by atoms with Gasteiger partial charge in [-0.1, -0.05) is 58.2 Å². The van der Waals surface area contributed by atoms with E-state index in [1.165, 1.54) is 43.6 Å². The zero-order valence-corrected chi connectivity index (χ0v) is 48.6. The quantitative estimate of drug-likeness (QED) is 0.0715. The number of hydrogen-bond acceptors (Lipinski definition) is 15. The van der Waals surface area contributed by atoms with E-state index in [-0.39, 0.29) is 121 Å². The van der Waals surface area contributed by atoms with Crippen LogP contribution in [0, 0.1) is 11.5 Å². The van der Waals surface area contributed by atoms with Crippen molar-refractivity contribution >= 4 is 64.0 Å². The zero-order chi connectivity index (χ0) is 45.0. The molecule has 64 heavy (non-hydrogen) atoms. The summed E-state index contributed by atoms with van der Waals surface area (Å²) >= 11 is 13.8. The van der Waals surface area contributed by atoms with Crippen molar-refractivity contribution < 1.29 is 119 Å². The van der Waals surface area contributed by atoms with Gasteiger partial charge in [0.25, 0.3) is 6.47 Å². The van der Waals surface area contributed by atoms with Crippen LogP contribution in [0.15, 0.2) is 52.9 Å². The number of nitrogens with zero attached hydrogens (tertiary/aromatic N) is 9. The van der Waals surface area contributed by atoms with Gasteiger partial charge in [-0.25, -0.2) is 5.10 Å². The fourth-order valence-corrected chi connectivity index (χ4v) is 10.6. The Labute approximate surface area is 485 Å². The van der Waals surface area contributed by atoms with Crippen molar-refractivity contribution in [2.45, 2.75) is 88.6 Å². The summed E-state index contributed by atoms with van der Waals surface area (Å²) in [5.74, 6) is 1.11. The number of carbonyl (C=O) groups excluding carboxylic acids is 1. The average molecular weight is 1010 g/mol. The first-order chi connectivity index (χ1) is 29.8. The molecule has 0 amide bonds. The maximum atomic E-state index is 8.64. The molecule has 4 aliphatic rings. The minimum absolute atomic E-state index is 0. The molecule has 346 valence electrons. The van der Waals surface area contributed by atoms with Crippen molar-refractivity contribution in [3.8, 4) is 6.19 Å². The normalized spacial score (nSPS) is 23.0. The molecule has 21 heteroatoms. The topological polar surface area (TPSA) is 181 Å². The van der Waals surface area contributed by atoms with Crippen LogP contribution in [-0.2, 0) is 33.2 Å². The van der Waals surface area contributed by atoms with Gasteiger partial charge in [0.1, 0.15) is 0 Å². The molecule has 3 aromatic rings. The molecule has 3 unspecified atom stereocenters. The third kappa shape index (κ3) is 20.7. The molecule has 0 radical (unpaired) electrons. The molecule has 5 atom stereocenters. The summed E-state index contributed by atoms with van der Waals surface area (Å²) in [4.78, 5) is 28.3. The Morgan fingerprint density at radius 2 is 1.36 bits per heavy atom. The predicted octanol–water partition coefficient (Wildman–Crippen LogP) is -1.33. The smallest absolute Gasteiger partial charge is 1.00 e. The van der Waals surface area contributed by atoms with Crippen LogP contribution in [0.2, 0.25) is 10.0 Å². The van der Waals surface area contributed by atoms with Crippen LogP contribution in [0.4, 0.5) is 11.9 Å². The summed E-state index contributed by atoms with van der Waals surface area (Å²) in [6, 6.07) is 20.4. The minimum Gasteiger partial charge on any atom is -1.00 e. The van der Waals surface area contributed by atoms with E-state index in [1.807, 2.05) is 36.8 Å². The van der Waals surface area contributed by atoms with Crippen LogP contribution >= 0.6 is 35.0 Å². The van der Waals surface area contributed by atoms with Crippen molar-refractivity contribution in [2.75, 3.05) is 94.7 Å². The van der Waals surface area contributed by atoms with E-state index in [9.17, 15) is 0 Å². The SMILES string of the molecule is CSCS(C)=NC#N.C[C@H]1CN(C2CCN(c3n[nH]c(N)n3)CC2)C(Cc2ccc(Cl)cc2)CN1C.C[C@H]1CN(C2CCNCC2)C(Cc2ccc(Cl)cc2)CN1C.O=CO[O-].[H-].[K+].[K+]. The van der Waals surface area contributed by atoms with E-state index in [0.717, 1.165) is 85.5 Å². The molecule has 0 aliphatic carbocycles. The largest absolute Gasteiger partial charge is 1.00 e. The number of nitrogen functional groups attached to an aromatic ring is 1. The molecule has 4 aliphatic heterocycles. The number of halogens is 2. The Hall–Kier alpha value is 0.253. The van der Waals surface area contributed by atoms with Crippen molar-refractivity contribution in [1.82, 2.24) is 40.1 Å². The average Bonchev–Trinajstić information content (AvgIpc) is 3.72. The van der Waals surface area contributed by atoms with Gasteiger partial charge >= 0.3 is 103 Å². The van der Waals surface area contributed by atoms with Crippen molar-refractivity contribution in [2.24, 2.45) is 4.36 Å². The Balaban J connectivity index is 0.000000510. The van der Waals surface area contributed by atoms with E-state index in [0.29, 0.717) is 36.2 Å². The standard InChI is InChI=1S/C20H30ClN7.C18H28ClN3.C4H8N2S2.CH2O3.2K.H/c1-14-12-28(17-7-9-27(10-8-17)20-23-19(22)24-25-20)18(13-26(14)2)11-15-3-5-16(21)6-4-15;1-14-12-22(17-7-9-20-10-8-17)18(13-21(14)2)11-15-3-5-16(19)6-4-15;1-7-4-8(2)6-3-5;2-1-4-3;;;/h3-6,14,17-18H,7-13H2,1-2H3,(H3,22,23,24,25);3-6,14,17-18,20H,7-13H2,1-2H3;4H2,1-2H3;1,3H;;;/q;;;;2*+1;-1/p-1/t2*14-,18?;;;;;/m00...../s1. The van der Waals surface area contributed by atoms with Gasteiger partial charge in [-0.2, -0.15) is 26.4 Å². The molecule has 1 aromatic heterocycles. The number of carbonyl (C=O) groups is 1. The van der Waals surface area contributed by atoms with Crippen LogP contribution in [0.5, 0.6) is 0 Å². The summed E-state index contributed by atoms with van der Waals surface area (Å²) in [7, 11) is 4.46. The molecule has 0 bridgehead atoms. The van der Waals surface area contributed by atoms with Crippen LogP contribution in [-0.4, -0.2) is 162 Å². The first-order valence-corrected chi connectivity index (χ1v) is 25.2. The Morgan fingerprint density at radius 1 is 0.906 bits per heavy atom. The third-order valence-electron chi connectivity index (χ3n) is 12.2. The van der Waals surface area contributed by atoms with Gasteiger partial charge in [0.2, 0.25) is 18.1 Å². The minimum atomic E-state index is -0.181. The molecular weight excluding hydrogens is 946 g/mol. The molecule has 0 spiro atoms. The number of aromatic amines is 1. The molecule has 4 saturated heterocycles. The number of nitrogens with two attached hydrogens (primary N) is 1. The number of likely N-dealkylation sites (N-methyl/N-ethyl adjacent to an activating group) is 2. The number of nitriles is 1. The van der Waals surface area contributed by atoms with Gasteiger partial charge in [-0.05, 0) is 127 Å². The molecule has 15 nitrogen and oxygen atoms in total. The molecule has 0 saturated carbocycles. The zero-order valence-electron chi connectivity index (χ0n) is 40.2. The molecular formula is C43H68Cl2K2N12O3S2. The van der Waals surface area contributed by atoms with E-state index in [1.54, 1.807) is 18.0 Å². The van der Waals surface area contributed by atoms with E-state index in [2.05, 4.69) is 106 Å². The summed E-state index contributed by atoms with van der Waals surface area (Å²) in [6.07, 6.45) is 12.8. The number of H-pyrrole nitrogens is 1. The van der Waals surface area contributed by atoms with Gasteiger partial charge < -0.3 is 37.3 Å². The number of thioether (sulfide) groups is 1. The summed E-state index contributed by atoms with van der Waals surface area (Å²) < 4.78 is 3.63. The number of aromatic nitrogens is 3. The Bertz CT molecular complexity index is 1830. The Kier molecular flexibility index (Phi) is 31.1. The first kappa shape index (κ1) is 60.4. The number of piperidine rings is 2. The van der Waals surface area contributed by atoms with Gasteiger partial charge in [-0.15, -0.1) is 5.10 Å². The first-order valence-electron chi connectivity index (χ1n) is 21.3. The number of piperazine rings is 2. The number of anilines is 2. The van der Waals surface area contributed by atoms with E-state index < -0.39 is 0 Å². The van der Waals surface area contributed by atoms with Crippen LogP contribution in [0.25, 0.3) is 0 Å². The second kappa shape index (κ2) is 32.9. The third-order valence-corrected chi connectivity index (χ3v) is 15.4. The van der Waals surface area contributed by atoms with Gasteiger partial charge in [0.15, 0.2) is 0 Å². The molecule has 2 aromatic carbocycles. The molecule has 4 fully saturated rings. The van der Waals surface area contributed by atoms with Crippen molar-refractivity contribution in [3.05, 3.63) is 69.7 Å². The fraction of sp³-hybridized carbons (Fsp3) is 0.628. The number of rotatable bonds is 10. The number of nitrogens with one attached hydrogen (secondary N) is 2. The fourth-order valence-electron chi connectivity index (χ4n) is 8.67. The van der Waals surface area contributed by atoms with Crippen LogP contribution < -0.4 is 124 Å². The van der Waals surface area contributed by atoms with E-state index >= 15 is 0 Å². The molecule has 4 N–H and O–H groups in total. The predicted molar refractivity (Wildman–Crippen MR) is 255 cm³/mol. The van der Waals surface area contributed by atoms with Gasteiger partial charge in [0.05, 0.1) is 5.08 Å². The maximum Gasteiger partial charge on any atom is 1.00 e. The summed E-state index contributed by atoms with van der Waals surface area (Å²) in [6.45, 7) is 13.3. The Morgan fingerprint density at radius 3 is 1.75 bits per heavy atom. The second-order valence-electron chi connectivity index (χ2n) is 16.6. The summed E-state index contributed by atoms with van der Waals surface area (Å²) in [5, 5.41) is 29.5. The van der Waals surface area contributed by atoms with E-state index in [4.69, 9.17) is 44.2 Å². The van der Waals surface area contributed by atoms with Gasteiger partial charge in [0, 0.05) is 85.6 Å². The van der Waals surface area contributed by atoms with Crippen molar-refractivity contribution in [3.63, 3.8) is 0 Å². The van der Waals surface area contributed by atoms with Crippen LogP contribution in [0.3, 0.4) is 0 Å². The maximum absolute atomic E-state index is 8.64.